The van der Waals surface area contributed by atoms with Gasteiger partial charge in [0.15, 0.2) is 8.07 Å². The lowest BCUT2D eigenvalue weighted by Crippen LogP contribution is -2.75. The van der Waals surface area contributed by atoms with Crippen LogP contribution in [0.3, 0.4) is 0 Å². The molecular formula is C75H49N7Si. The second-order valence-electron chi connectivity index (χ2n) is 21.4. The summed E-state index contributed by atoms with van der Waals surface area (Å²) in [6.45, 7) is 0. The van der Waals surface area contributed by atoms with E-state index in [1.165, 1.54) is 31.5 Å². The summed E-state index contributed by atoms with van der Waals surface area (Å²) in [5, 5.41) is 14.4. The summed E-state index contributed by atoms with van der Waals surface area (Å²) in [5.41, 5.74) is 11.7. The Bertz CT molecular complexity index is 5070. The van der Waals surface area contributed by atoms with E-state index in [0.717, 1.165) is 93.3 Å². The first-order valence-corrected chi connectivity index (χ1v) is 30.3. The Balaban J connectivity index is 0.963. The van der Waals surface area contributed by atoms with Crippen molar-refractivity contribution >= 4 is 116 Å². The van der Waals surface area contributed by atoms with E-state index in [0.29, 0.717) is 17.8 Å². The summed E-state index contributed by atoms with van der Waals surface area (Å²) in [6, 6.07) is 108. The van der Waals surface area contributed by atoms with E-state index in [9.17, 15) is 0 Å². The molecule has 0 bridgehead atoms. The molecule has 0 aliphatic carbocycles. The monoisotopic (exact) mass is 1080 g/mol. The molecule has 0 amide bonds. The average Bonchev–Trinajstić information content (AvgIpc) is 4.28. The standard InChI is InChI=1S/C75H49N7Si/c1-4-26-50(27-5-1)83(51-28-6-2-7-29-51,52-30-8-3-9-31-52)70-49-23-22-47-68(70)79-62-41-16-14-36-57(62)59-39-24-40-60(72(59)79)58-38-25-48-69-71(58)61-37-15-21-46-67(61)82(69)75-77-73(80-63-42-17-10-32-53(63)54-33-11-18-43-64(54)80)76-74(78-75)81-65-44-19-12-34-55(65)56-35-13-20-45-66(56)81/h1-49H. The minimum atomic E-state index is -3.04. The minimum Gasteiger partial charge on any atom is -0.309 e. The van der Waals surface area contributed by atoms with Crippen LogP contribution in [0, 0.1) is 0 Å². The molecule has 12 aromatic carbocycles. The number of hydrogen-bond acceptors (Lipinski definition) is 3. The number of rotatable bonds is 9. The van der Waals surface area contributed by atoms with E-state index in [2.05, 4.69) is 316 Å². The minimum absolute atomic E-state index is 0.516. The van der Waals surface area contributed by atoms with E-state index in [1.54, 1.807) is 0 Å². The van der Waals surface area contributed by atoms with Crippen LogP contribution in [0.15, 0.2) is 297 Å². The third-order valence-corrected chi connectivity index (χ3v) is 22.0. The second-order valence-corrected chi connectivity index (χ2v) is 25.2. The van der Waals surface area contributed by atoms with Gasteiger partial charge in [-0.1, -0.05) is 249 Å². The van der Waals surface area contributed by atoms with Crippen LogP contribution >= 0.6 is 0 Å². The quantitative estimate of drug-likeness (QED) is 0.107. The molecule has 0 fully saturated rings. The lowest BCUT2D eigenvalue weighted by atomic mass is 9.97. The van der Waals surface area contributed by atoms with Crippen molar-refractivity contribution in [3.05, 3.63) is 297 Å². The van der Waals surface area contributed by atoms with E-state index >= 15 is 0 Å². The first-order valence-electron chi connectivity index (χ1n) is 28.3. The Morgan fingerprint density at radius 3 is 1.01 bits per heavy atom. The molecule has 8 heteroatoms. The molecule has 0 aliphatic heterocycles. The van der Waals surface area contributed by atoms with E-state index in [-0.39, 0.29) is 0 Å². The summed E-state index contributed by atoms with van der Waals surface area (Å²) in [5.74, 6) is 1.57. The Morgan fingerprint density at radius 2 is 0.542 bits per heavy atom. The molecule has 17 aromatic rings. The number of fused-ring (bicyclic) bond motifs is 12. The molecule has 7 nitrogen and oxygen atoms in total. The van der Waals surface area contributed by atoms with Crippen molar-refractivity contribution in [2.45, 2.75) is 0 Å². The van der Waals surface area contributed by atoms with Gasteiger partial charge in [0.1, 0.15) is 0 Å². The van der Waals surface area contributed by atoms with E-state index in [4.69, 9.17) is 15.0 Å². The van der Waals surface area contributed by atoms with Crippen LogP contribution in [-0.2, 0) is 0 Å². The van der Waals surface area contributed by atoms with Gasteiger partial charge in [-0.3, -0.25) is 13.7 Å². The fourth-order valence-corrected chi connectivity index (χ4v) is 18.8. The topological polar surface area (TPSA) is 58.4 Å². The molecule has 83 heavy (non-hydrogen) atoms. The van der Waals surface area contributed by atoms with Crippen molar-refractivity contribution < 1.29 is 0 Å². The maximum atomic E-state index is 5.62. The molecule has 0 unspecified atom stereocenters. The zero-order valence-corrected chi connectivity index (χ0v) is 45.9. The van der Waals surface area contributed by atoms with Gasteiger partial charge in [0.05, 0.1) is 44.1 Å². The Hall–Kier alpha value is -10.9. The van der Waals surface area contributed by atoms with Gasteiger partial charge in [0, 0.05) is 54.3 Å². The SMILES string of the molecule is c1ccc([Si](c2ccccc2)(c2ccccc2)c2ccccc2-n2c3ccccc3c3cccc(-c4cccc5c4c4ccccc4n5-c4nc(-n5c6ccccc6c6ccccc65)nc(-n5c6ccccc6c6ccccc65)n4)c32)cc1. The van der Waals surface area contributed by atoms with Crippen LogP contribution in [0.4, 0.5) is 0 Å². The largest absolute Gasteiger partial charge is 0.309 e. The van der Waals surface area contributed by atoms with Gasteiger partial charge >= 0.3 is 0 Å². The highest BCUT2D eigenvalue weighted by atomic mass is 28.3. The van der Waals surface area contributed by atoms with Gasteiger partial charge in [-0.15, -0.1) is 0 Å². The average molecular weight is 1080 g/mol. The molecule has 17 rings (SSSR count). The highest BCUT2D eigenvalue weighted by Crippen LogP contribution is 2.44. The van der Waals surface area contributed by atoms with Gasteiger partial charge < -0.3 is 4.57 Å². The maximum Gasteiger partial charge on any atom is 0.241 e. The first kappa shape index (κ1) is 46.9. The first-order chi connectivity index (χ1) is 41.2. The summed E-state index contributed by atoms with van der Waals surface area (Å²) in [7, 11) is -3.04. The lowest BCUT2D eigenvalue weighted by molar-refractivity contribution is 0.848. The molecule has 0 saturated carbocycles. The van der Waals surface area contributed by atoms with Crippen molar-refractivity contribution in [3.8, 4) is 34.7 Å². The molecule has 0 N–H and O–H groups in total. The molecule has 5 heterocycles. The summed E-state index contributed by atoms with van der Waals surface area (Å²) < 4.78 is 9.24. The van der Waals surface area contributed by atoms with Crippen molar-refractivity contribution in [2.24, 2.45) is 0 Å². The number of para-hydroxylation sites is 8. The summed E-state index contributed by atoms with van der Waals surface area (Å²) in [6.07, 6.45) is 0. The zero-order chi connectivity index (χ0) is 54.6. The van der Waals surface area contributed by atoms with Crippen LogP contribution in [-0.4, -0.2) is 41.3 Å². The molecular weight excluding hydrogens is 1030 g/mol. The third kappa shape index (κ3) is 6.87. The number of benzene rings is 12. The fraction of sp³-hybridized carbons (Fsp3) is 0. The number of hydrogen-bond donors (Lipinski definition) is 0. The van der Waals surface area contributed by atoms with Gasteiger partial charge in [-0.25, -0.2) is 0 Å². The zero-order valence-electron chi connectivity index (χ0n) is 44.9. The third-order valence-electron chi connectivity index (χ3n) is 17.2. The van der Waals surface area contributed by atoms with Gasteiger partial charge in [0.2, 0.25) is 17.8 Å². The van der Waals surface area contributed by atoms with Gasteiger partial charge in [-0.05, 0) is 74.8 Å². The molecule has 0 radical (unpaired) electrons. The van der Waals surface area contributed by atoms with Crippen molar-refractivity contribution in [3.63, 3.8) is 0 Å². The smallest absolute Gasteiger partial charge is 0.241 e. The predicted octanol–water partition coefficient (Wildman–Crippen LogP) is 15.3. The maximum absolute atomic E-state index is 5.62. The predicted molar refractivity (Wildman–Crippen MR) is 346 cm³/mol. The molecule has 388 valence electrons. The second kappa shape index (κ2) is 18.6. The Labute approximate surface area is 478 Å². The molecule has 0 aliphatic rings. The number of nitrogens with zero attached hydrogens (tertiary/aromatic N) is 7. The van der Waals surface area contributed by atoms with Crippen LogP contribution in [0.1, 0.15) is 0 Å². The van der Waals surface area contributed by atoms with Crippen molar-refractivity contribution in [2.75, 3.05) is 0 Å². The fourth-order valence-electron chi connectivity index (χ4n) is 13.9. The van der Waals surface area contributed by atoms with Crippen LogP contribution in [0.5, 0.6) is 0 Å². The van der Waals surface area contributed by atoms with E-state index < -0.39 is 8.07 Å². The van der Waals surface area contributed by atoms with E-state index in [1.807, 2.05) is 0 Å². The van der Waals surface area contributed by atoms with Crippen molar-refractivity contribution in [1.82, 2.24) is 33.2 Å². The van der Waals surface area contributed by atoms with Crippen LogP contribution in [0.2, 0.25) is 0 Å². The molecule has 0 spiro atoms. The molecule has 0 atom stereocenters. The Kier molecular flexibility index (Phi) is 10.5. The van der Waals surface area contributed by atoms with Crippen LogP contribution in [0.25, 0.3) is 122 Å². The van der Waals surface area contributed by atoms with Gasteiger partial charge in [-0.2, -0.15) is 15.0 Å². The summed E-state index contributed by atoms with van der Waals surface area (Å²) >= 11 is 0. The molecule has 0 saturated heterocycles. The number of aromatic nitrogens is 7. The van der Waals surface area contributed by atoms with Gasteiger partial charge in [0.25, 0.3) is 0 Å². The summed E-state index contributed by atoms with van der Waals surface area (Å²) in [4.78, 5) is 16.8. The molecule has 5 aromatic heterocycles. The van der Waals surface area contributed by atoms with Crippen molar-refractivity contribution in [1.29, 1.82) is 0 Å². The highest BCUT2D eigenvalue weighted by molar-refractivity contribution is 7.20. The lowest BCUT2D eigenvalue weighted by Gasteiger charge is -2.36. The Morgan fingerprint density at radius 1 is 0.229 bits per heavy atom. The normalized spacial score (nSPS) is 12.1. The van der Waals surface area contributed by atoms with Crippen LogP contribution < -0.4 is 20.7 Å². The highest BCUT2D eigenvalue weighted by Gasteiger charge is 2.43.